The van der Waals surface area contributed by atoms with Gasteiger partial charge in [0.15, 0.2) is 16.3 Å². The van der Waals surface area contributed by atoms with Crippen molar-refractivity contribution in [3.63, 3.8) is 0 Å². The molecule has 3 aliphatic rings. The van der Waals surface area contributed by atoms with E-state index < -0.39 is 68.3 Å². The van der Waals surface area contributed by atoms with E-state index >= 15 is 0 Å². The van der Waals surface area contributed by atoms with Crippen LogP contribution in [0.4, 0.5) is 30.2 Å². The number of hydrogen-bond donors (Lipinski definition) is 0. The number of anilines is 3. The molecule has 0 N–H and O–H groups in total. The number of piperazine rings is 3. The van der Waals surface area contributed by atoms with Crippen LogP contribution in [0.2, 0.25) is 0 Å². The van der Waals surface area contributed by atoms with Crippen LogP contribution in [-0.2, 0) is 19.6 Å². The van der Waals surface area contributed by atoms with Crippen molar-refractivity contribution in [2.45, 2.75) is 40.4 Å². The number of carboxylic acid groups (broad SMARTS) is 3. The zero-order chi connectivity index (χ0) is 52.3. The van der Waals surface area contributed by atoms with E-state index in [4.69, 9.17) is 0 Å². The molecule has 0 aliphatic carbocycles. The Kier molecular flexibility index (Phi) is 18.0. The second-order valence-corrected chi connectivity index (χ2v) is 18.2. The van der Waals surface area contributed by atoms with E-state index in [2.05, 4.69) is 14.7 Å². The van der Waals surface area contributed by atoms with Crippen molar-refractivity contribution in [2.24, 2.45) is 0 Å². The van der Waals surface area contributed by atoms with Gasteiger partial charge >= 0.3 is 19.8 Å². The van der Waals surface area contributed by atoms with Gasteiger partial charge in [0.2, 0.25) is 0 Å². The van der Waals surface area contributed by atoms with Gasteiger partial charge in [0.1, 0.15) is 17.5 Å². The van der Waals surface area contributed by atoms with E-state index in [0.29, 0.717) is 92.5 Å². The van der Waals surface area contributed by atoms with Crippen molar-refractivity contribution in [3.8, 4) is 0 Å². The second kappa shape index (κ2) is 23.5. The number of carbonyl (C=O) groups is 3. The van der Waals surface area contributed by atoms with Crippen LogP contribution in [0.25, 0.3) is 32.7 Å². The number of carboxylic acids is 3. The van der Waals surface area contributed by atoms with Gasteiger partial charge in [0, 0.05) is 133 Å². The molecule has 3 fully saturated rings. The van der Waals surface area contributed by atoms with Gasteiger partial charge in [-0.2, -0.15) is 0 Å². The van der Waals surface area contributed by atoms with Gasteiger partial charge in [-0.25, -0.2) is 13.2 Å². The molecule has 22 heteroatoms. The Hall–Kier alpha value is -6.59. The predicted octanol–water partition coefficient (Wildman–Crippen LogP) is 0.447. The van der Waals surface area contributed by atoms with Gasteiger partial charge in [-0.15, -0.1) is 0 Å². The number of hydrogen-bond acceptors (Lipinski definition) is 15. The number of aryl methyl sites for hydroxylation is 3. The van der Waals surface area contributed by atoms with Crippen LogP contribution >= 0.6 is 0 Å². The summed E-state index contributed by atoms with van der Waals surface area (Å²) in [6.07, 6.45) is 3.81. The van der Waals surface area contributed by atoms with Crippen LogP contribution in [-0.4, -0.2) is 166 Å². The maximum absolute atomic E-state index is 14.6. The summed E-state index contributed by atoms with van der Waals surface area (Å²) in [6.45, 7) is 16.1. The average Bonchev–Trinajstić information content (AvgIpc) is 3.35. The number of nitrogens with zero attached hydrogens (tertiary/aromatic N) is 9. The van der Waals surface area contributed by atoms with Crippen molar-refractivity contribution in [2.75, 3.05) is 114 Å². The summed E-state index contributed by atoms with van der Waals surface area (Å²) in [6, 6.07) is 8.34. The number of likely N-dealkylation sites (N-methyl/N-ethyl adjacent to an activating group) is 3. The van der Waals surface area contributed by atoms with Crippen LogP contribution in [0.5, 0.6) is 0 Å². The molecule has 9 rings (SSSR count). The summed E-state index contributed by atoms with van der Waals surface area (Å²) < 4.78 is 48.7. The van der Waals surface area contributed by atoms with Crippen molar-refractivity contribution in [1.29, 1.82) is 0 Å². The first kappa shape index (κ1) is 55.7. The fourth-order valence-electron chi connectivity index (χ4n) is 9.29. The minimum absolute atomic E-state index is 0. The van der Waals surface area contributed by atoms with Crippen molar-refractivity contribution in [1.82, 2.24) is 28.4 Å². The molecule has 0 atom stereocenters. The number of rotatable bonds is 9. The third kappa shape index (κ3) is 11.8. The maximum atomic E-state index is 14.6. The zero-order valence-corrected chi connectivity index (χ0v) is 44.1. The van der Waals surface area contributed by atoms with E-state index in [1.807, 2.05) is 56.6 Å². The second-order valence-electron chi connectivity index (χ2n) is 18.2. The van der Waals surface area contributed by atoms with E-state index in [1.54, 1.807) is 31.9 Å². The Bertz CT molecular complexity index is 2910. The number of pyridine rings is 3. The summed E-state index contributed by atoms with van der Waals surface area (Å²) in [5.41, 5.74) is -0.553. The van der Waals surface area contributed by atoms with Gasteiger partial charge < -0.3 is 72.8 Å². The largest absolute Gasteiger partial charge is 3.00 e. The molecule has 18 nitrogen and oxygen atoms in total. The Morgan fingerprint density at radius 3 is 0.836 bits per heavy atom. The molecule has 3 aromatic carbocycles. The molecular weight excluding hydrogens is 1010 g/mol. The van der Waals surface area contributed by atoms with Gasteiger partial charge in [0.05, 0.1) is 68.2 Å². The summed E-state index contributed by atoms with van der Waals surface area (Å²) >= 11 is 0. The number of carbonyl (C=O) groups excluding carboxylic acids is 3. The standard InChI is InChI=1S/3C17H20FN3O3.Ga/c3*1-3-20-10-12(17(23)24)16(22)11-8-13(18)15(9-14(11)20)21-6-4-19(2)5-7-21;/h3*8-10H,3-7H2,1-2H3,(H,23,24);/q;;;+3/p-3. The number of halogens is 3. The monoisotopic (exact) mass is 1070 g/mol. The SMILES string of the molecule is CCn1cc(C(=O)[O-])c(=O)c2cc(F)c(N3CCN(C)CC3)cc21.CCn1cc(C(=O)[O-])c(=O)c2cc(F)c(N3CCN(C)CC3)cc21.CCn1cc(C(=O)[O-])c(=O)c2cc(F)c(N3CCN(C)CC3)cc21.[Ga+3]. The first-order valence-electron chi connectivity index (χ1n) is 23.8. The molecule has 6 aromatic rings. The minimum atomic E-state index is -1.55. The quantitative estimate of drug-likeness (QED) is 0.180. The van der Waals surface area contributed by atoms with Gasteiger partial charge in [-0.3, -0.25) is 14.4 Å². The third-order valence-electron chi connectivity index (χ3n) is 13.7. The topological polar surface area (TPSA) is 206 Å². The Labute approximate surface area is 431 Å². The molecule has 0 amide bonds. The van der Waals surface area contributed by atoms with E-state index in [1.165, 1.54) is 18.6 Å². The summed E-state index contributed by atoms with van der Waals surface area (Å²) in [4.78, 5) is 82.7. The fourth-order valence-corrected chi connectivity index (χ4v) is 9.29. The van der Waals surface area contributed by atoms with Crippen LogP contribution in [0.1, 0.15) is 51.8 Å². The molecule has 384 valence electrons. The number of benzene rings is 3. The molecule has 3 aromatic heterocycles. The van der Waals surface area contributed by atoms with Crippen LogP contribution in [0.3, 0.4) is 0 Å². The Morgan fingerprint density at radius 1 is 0.425 bits per heavy atom. The number of aromatic nitrogens is 3. The molecule has 0 unspecified atom stereocenters. The molecular formula is C51H57F3GaN9O9. The predicted molar refractivity (Wildman–Crippen MR) is 269 cm³/mol. The molecule has 6 heterocycles. The van der Waals surface area contributed by atoms with Crippen LogP contribution in [0.15, 0.2) is 69.4 Å². The van der Waals surface area contributed by atoms with Crippen molar-refractivity contribution < 1.29 is 42.9 Å². The van der Waals surface area contributed by atoms with E-state index in [-0.39, 0.29) is 35.9 Å². The first-order valence-corrected chi connectivity index (χ1v) is 23.8. The number of fused-ring (bicyclic) bond motifs is 3. The normalized spacial score (nSPS) is 15.7. The molecule has 0 bridgehead atoms. The van der Waals surface area contributed by atoms with Crippen LogP contribution < -0.4 is 46.3 Å². The molecule has 0 saturated carbocycles. The maximum Gasteiger partial charge on any atom is 3.00 e. The Balaban J connectivity index is 0.000000177. The molecule has 3 aliphatic heterocycles. The fraction of sp³-hybridized carbons (Fsp3) is 0.412. The summed E-state index contributed by atoms with van der Waals surface area (Å²) in [5.74, 6) is -6.18. The van der Waals surface area contributed by atoms with Crippen LogP contribution in [0, 0.1) is 17.5 Å². The average molecular weight is 1070 g/mol. The third-order valence-corrected chi connectivity index (χ3v) is 13.7. The van der Waals surface area contributed by atoms with E-state index in [9.17, 15) is 57.3 Å². The molecule has 73 heavy (non-hydrogen) atoms. The van der Waals surface area contributed by atoms with Crippen molar-refractivity contribution in [3.05, 3.63) is 120 Å². The summed E-state index contributed by atoms with van der Waals surface area (Å²) in [7, 11) is 6.05. The van der Waals surface area contributed by atoms with Gasteiger partial charge in [-0.05, 0) is 78.3 Å². The molecule has 0 radical (unpaired) electrons. The molecule has 0 spiro atoms. The number of aromatic carboxylic acids is 3. The first-order chi connectivity index (χ1) is 34.3. The zero-order valence-electron chi connectivity index (χ0n) is 41.7. The smallest absolute Gasteiger partial charge is 0.545 e. The van der Waals surface area contributed by atoms with E-state index in [0.717, 1.165) is 57.5 Å². The Morgan fingerprint density at radius 2 is 0.644 bits per heavy atom. The van der Waals surface area contributed by atoms with Crippen molar-refractivity contribution >= 4 is 87.5 Å². The minimum Gasteiger partial charge on any atom is -0.545 e. The van der Waals surface area contributed by atoms with Gasteiger partial charge in [0.25, 0.3) is 0 Å². The van der Waals surface area contributed by atoms with Gasteiger partial charge in [-0.1, -0.05) is 0 Å². The summed E-state index contributed by atoms with van der Waals surface area (Å²) in [5, 5.41) is 33.6. The molecule has 3 saturated heterocycles.